The molecule has 0 radical (unpaired) electrons. The summed E-state index contributed by atoms with van der Waals surface area (Å²) in [6.45, 7) is 3.39. The van der Waals surface area contributed by atoms with Gasteiger partial charge in [-0.15, -0.1) is 0 Å². The highest BCUT2D eigenvalue weighted by Crippen LogP contribution is 2.15. The van der Waals surface area contributed by atoms with Crippen molar-refractivity contribution in [3.05, 3.63) is 0 Å². The predicted molar refractivity (Wildman–Crippen MR) is 65.9 cm³/mol. The van der Waals surface area contributed by atoms with Crippen LogP contribution in [0.3, 0.4) is 0 Å². The fourth-order valence-corrected chi connectivity index (χ4v) is 1.16. The third-order valence-corrected chi connectivity index (χ3v) is 1.96. The van der Waals surface area contributed by atoms with Crippen molar-refractivity contribution in [2.24, 2.45) is 0 Å². The number of rotatable bonds is 7. The highest BCUT2D eigenvalue weighted by Gasteiger charge is 2.40. The van der Waals surface area contributed by atoms with Crippen LogP contribution in [0, 0.1) is 0 Å². The van der Waals surface area contributed by atoms with E-state index in [0.717, 1.165) is 0 Å². The molecule has 0 bridgehead atoms. The average Bonchev–Trinajstić information content (AvgIpc) is 2.14. The number of carboxylic acids is 3. The van der Waals surface area contributed by atoms with Crippen molar-refractivity contribution in [1.82, 2.24) is 4.90 Å². The van der Waals surface area contributed by atoms with Crippen LogP contribution in [0.2, 0.25) is 0 Å². The molecule has 19 heavy (non-hydrogen) atoms. The molecule has 112 valence electrons. The van der Waals surface area contributed by atoms with Gasteiger partial charge in [0, 0.05) is 0 Å². The minimum atomic E-state index is -2.74. The van der Waals surface area contributed by atoms with E-state index < -0.39 is 36.4 Å². The lowest BCUT2D eigenvalue weighted by atomic mass is 9.96. The molecule has 0 spiro atoms. The van der Waals surface area contributed by atoms with Crippen molar-refractivity contribution in [2.75, 3.05) is 20.6 Å². The summed E-state index contributed by atoms with van der Waals surface area (Å²) in [5.74, 6) is -5.02. The van der Waals surface area contributed by atoms with Crippen LogP contribution < -0.4 is 0 Å². The Hall–Kier alpha value is -1.67. The van der Waals surface area contributed by atoms with Crippen LogP contribution in [0.4, 0.5) is 0 Å². The Labute approximate surface area is 111 Å². The van der Waals surface area contributed by atoms with Crippen LogP contribution in [0.15, 0.2) is 0 Å². The van der Waals surface area contributed by atoms with Crippen molar-refractivity contribution in [1.29, 1.82) is 0 Å². The SMILES string of the molecule is CCCN(C)C.O=C(O)CC(O)(CC(=O)O)C(=O)O. The van der Waals surface area contributed by atoms with Crippen LogP contribution >= 0.6 is 0 Å². The highest BCUT2D eigenvalue weighted by atomic mass is 16.4. The summed E-state index contributed by atoms with van der Waals surface area (Å²) in [7, 11) is 4.17. The standard InChI is InChI=1S/C6H8O7.C5H13N/c7-3(8)1-6(13,5(11)12)2-4(9)10;1-4-5-6(2)3/h13H,1-2H2,(H,7,8)(H,9,10)(H,11,12);4-5H2,1-3H3. The second-order valence-electron chi connectivity index (χ2n) is 4.28. The molecular weight excluding hydrogens is 258 g/mol. The molecule has 4 N–H and O–H groups in total. The normalized spacial score (nSPS) is 10.6. The molecule has 0 rings (SSSR count). The van der Waals surface area contributed by atoms with Gasteiger partial charge >= 0.3 is 17.9 Å². The summed E-state index contributed by atoms with van der Waals surface area (Å²) in [5, 5.41) is 33.8. The zero-order valence-electron chi connectivity index (χ0n) is 11.3. The van der Waals surface area contributed by atoms with Crippen LogP contribution in [0.1, 0.15) is 26.2 Å². The Balaban J connectivity index is 0. The van der Waals surface area contributed by atoms with Gasteiger partial charge in [-0.2, -0.15) is 0 Å². The maximum atomic E-state index is 10.3. The fourth-order valence-electron chi connectivity index (χ4n) is 1.16. The van der Waals surface area contributed by atoms with Gasteiger partial charge in [-0.05, 0) is 27.1 Å². The van der Waals surface area contributed by atoms with E-state index in [1.54, 1.807) is 0 Å². The maximum absolute atomic E-state index is 10.3. The Morgan fingerprint density at radius 2 is 1.37 bits per heavy atom. The number of aliphatic hydroxyl groups is 1. The van der Waals surface area contributed by atoms with E-state index in [2.05, 4.69) is 25.9 Å². The number of aliphatic carboxylic acids is 3. The number of hydrogen-bond donors (Lipinski definition) is 4. The van der Waals surface area contributed by atoms with E-state index in [0.29, 0.717) is 0 Å². The summed E-state index contributed by atoms with van der Waals surface area (Å²) in [4.78, 5) is 32.7. The molecule has 0 saturated heterocycles. The van der Waals surface area contributed by atoms with Gasteiger partial charge < -0.3 is 25.3 Å². The monoisotopic (exact) mass is 279 g/mol. The van der Waals surface area contributed by atoms with E-state index in [-0.39, 0.29) is 0 Å². The summed E-state index contributed by atoms with van der Waals surface area (Å²) >= 11 is 0. The third-order valence-electron chi connectivity index (χ3n) is 1.96. The lowest BCUT2D eigenvalue weighted by Gasteiger charge is -2.18. The first-order valence-corrected chi connectivity index (χ1v) is 5.59. The van der Waals surface area contributed by atoms with Gasteiger partial charge in [0.1, 0.15) is 0 Å². The number of carboxylic acid groups (broad SMARTS) is 3. The van der Waals surface area contributed by atoms with Crippen LogP contribution in [-0.2, 0) is 14.4 Å². The van der Waals surface area contributed by atoms with Gasteiger partial charge in [-0.1, -0.05) is 6.92 Å². The average molecular weight is 279 g/mol. The number of carbonyl (C=O) groups is 3. The second kappa shape index (κ2) is 9.29. The van der Waals surface area contributed by atoms with Crippen LogP contribution in [-0.4, -0.2) is 69.5 Å². The van der Waals surface area contributed by atoms with Gasteiger partial charge in [0.25, 0.3) is 0 Å². The van der Waals surface area contributed by atoms with Crippen LogP contribution in [0.25, 0.3) is 0 Å². The van der Waals surface area contributed by atoms with Crippen molar-refractivity contribution in [2.45, 2.75) is 31.8 Å². The zero-order chi connectivity index (χ0) is 15.6. The van der Waals surface area contributed by atoms with E-state index >= 15 is 0 Å². The minimum absolute atomic E-state index is 1.14. The van der Waals surface area contributed by atoms with Crippen LogP contribution in [0.5, 0.6) is 0 Å². The lowest BCUT2D eigenvalue weighted by Crippen LogP contribution is -2.42. The summed E-state index contributed by atoms with van der Waals surface area (Å²) in [6.07, 6.45) is -1.03. The van der Waals surface area contributed by atoms with Gasteiger partial charge in [0.05, 0.1) is 12.8 Å². The first-order valence-electron chi connectivity index (χ1n) is 5.59. The number of nitrogens with zero attached hydrogens (tertiary/aromatic N) is 1. The van der Waals surface area contributed by atoms with E-state index in [1.807, 2.05) is 0 Å². The molecule has 0 heterocycles. The predicted octanol–water partition coefficient (Wildman–Crippen LogP) is -0.290. The molecule has 0 aromatic heterocycles. The molecule has 0 amide bonds. The quantitative estimate of drug-likeness (QED) is 0.499. The molecule has 8 nitrogen and oxygen atoms in total. The summed E-state index contributed by atoms with van der Waals surface area (Å²) in [5.41, 5.74) is -2.74. The van der Waals surface area contributed by atoms with Gasteiger partial charge in [-0.25, -0.2) is 4.79 Å². The molecule has 0 unspecified atom stereocenters. The Morgan fingerprint density at radius 3 is 1.47 bits per heavy atom. The summed E-state index contributed by atoms with van der Waals surface area (Å²) in [6, 6.07) is 0. The van der Waals surface area contributed by atoms with Gasteiger partial charge in [-0.3, -0.25) is 9.59 Å². The van der Waals surface area contributed by atoms with Crippen molar-refractivity contribution >= 4 is 17.9 Å². The fraction of sp³-hybridized carbons (Fsp3) is 0.727. The lowest BCUT2D eigenvalue weighted by molar-refractivity contribution is -0.170. The molecular formula is C11H21NO7. The van der Waals surface area contributed by atoms with Crippen molar-refractivity contribution in [3.63, 3.8) is 0 Å². The zero-order valence-corrected chi connectivity index (χ0v) is 11.3. The van der Waals surface area contributed by atoms with Gasteiger partial charge in [0.15, 0.2) is 5.60 Å². The molecule has 0 fully saturated rings. The highest BCUT2D eigenvalue weighted by molar-refractivity contribution is 5.88. The molecule has 0 saturated carbocycles. The van der Waals surface area contributed by atoms with Gasteiger partial charge in [0.2, 0.25) is 0 Å². The van der Waals surface area contributed by atoms with Crippen molar-refractivity contribution < 1.29 is 34.8 Å². The Morgan fingerprint density at radius 1 is 1.00 bits per heavy atom. The molecule has 0 aromatic carbocycles. The molecule has 8 heteroatoms. The topological polar surface area (TPSA) is 135 Å². The number of hydrogen-bond acceptors (Lipinski definition) is 5. The van der Waals surface area contributed by atoms with E-state index in [9.17, 15) is 14.4 Å². The van der Waals surface area contributed by atoms with E-state index in [1.165, 1.54) is 13.0 Å². The van der Waals surface area contributed by atoms with Crippen molar-refractivity contribution in [3.8, 4) is 0 Å². The first kappa shape index (κ1) is 19.7. The molecule has 0 aliphatic carbocycles. The second-order valence-corrected chi connectivity index (χ2v) is 4.28. The Kier molecular flexibility index (Phi) is 9.61. The molecule has 0 aliphatic heterocycles. The smallest absolute Gasteiger partial charge is 0.336 e. The Bertz CT molecular complexity index is 298. The molecule has 0 atom stereocenters. The minimum Gasteiger partial charge on any atom is -0.481 e. The third kappa shape index (κ3) is 11.2. The summed E-state index contributed by atoms with van der Waals surface area (Å²) < 4.78 is 0. The van der Waals surface area contributed by atoms with E-state index in [4.69, 9.17) is 20.4 Å². The first-order chi connectivity index (χ1) is 8.55. The largest absolute Gasteiger partial charge is 0.481 e. The molecule has 0 aromatic rings. The molecule has 0 aliphatic rings. The maximum Gasteiger partial charge on any atom is 0.336 e.